The van der Waals surface area contributed by atoms with Crippen LogP contribution < -0.4 is 21.3 Å². The topological polar surface area (TPSA) is 125 Å². The summed E-state index contributed by atoms with van der Waals surface area (Å²) < 4.78 is 0. The van der Waals surface area contributed by atoms with Crippen molar-refractivity contribution in [1.82, 2.24) is 16.0 Å². The maximum absolute atomic E-state index is 13.1. The number of nitrogens with one attached hydrogen (secondary N) is 4. The molecule has 1 heterocycles. The van der Waals surface area contributed by atoms with Crippen LogP contribution in [-0.2, 0) is 17.6 Å². The van der Waals surface area contributed by atoms with E-state index in [1.54, 1.807) is 0 Å². The maximum Gasteiger partial charge on any atom is 0.254 e. The summed E-state index contributed by atoms with van der Waals surface area (Å²) in [5.41, 5.74) is 1.57. The number of carbonyl (C=O) groups excluding carboxylic acids is 2. The first-order chi connectivity index (χ1) is 14.9. The van der Waals surface area contributed by atoms with E-state index >= 15 is 0 Å². The van der Waals surface area contributed by atoms with E-state index in [2.05, 4.69) is 21.3 Å². The van der Waals surface area contributed by atoms with Crippen LogP contribution >= 0.6 is 11.3 Å². The van der Waals surface area contributed by atoms with E-state index < -0.39 is 6.17 Å². The van der Waals surface area contributed by atoms with Gasteiger partial charge >= 0.3 is 0 Å². The van der Waals surface area contributed by atoms with Crippen molar-refractivity contribution in [2.45, 2.75) is 64.1 Å². The van der Waals surface area contributed by atoms with Crippen LogP contribution in [0.1, 0.15) is 59.8 Å². The zero-order chi connectivity index (χ0) is 22.0. The van der Waals surface area contributed by atoms with E-state index in [0.29, 0.717) is 36.0 Å². The lowest BCUT2D eigenvalue weighted by atomic mass is 9.91. The number of carbonyl (C=O) groups is 2. The van der Waals surface area contributed by atoms with Crippen LogP contribution in [0.25, 0.3) is 0 Å². The van der Waals surface area contributed by atoms with Gasteiger partial charge in [0, 0.05) is 28.3 Å². The Labute approximate surface area is 185 Å². The Bertz CT molecular complexity index is 849. The third-order valence-electron chi connectivity index (χ3n) is 6.14. The molecule has 3 aliphatic rings. The van der Waals surface area contributed by atoms with Gasteiger partial charge in [-0.3, -0.25) is 30.3 Å². The second-order valence-electron chi connectivity index (χ2n) is 8.86. The molecule has 170 valence electrons. The van der Waals surface area contributed by atoms with Crippen LogP contribution in [0.5, 0.6) is 0 Å². The van der Waals surface area contributed by atoms with Crippen LogP contribution in [0.2, 0.25) is 0 Å². The molecule has 1 aromatic rings. The minimum atomic E-state index is -0.411. The lowest BCUT2D eigenvalue weighted by molar-refractivity contribution is -0.484. The molecule has 3 aliphatic carbocycles. The van der Waals surface area contributed by atoms with E-state index in [4.69, 9.17) is 0 Å². The number of rotatable bonds is 11. The number of thiophene rings is 1. The third-order valence-corrected chi connectivity index (χ3v) is 7.35. The minimum absolute atomic E-state index is 0.00251. The van der Waals surface area contributed by atoms with Gasteiger partial charge < -0.3 is 10.6 Å². The Morgan fingerprint density at radius 2 is 2.00 bits per heavy atom. The second kappa shape index (κ2) is 9.62. The largest absolute Gasteiger partial charge is 0.352 e. The molecule has 4 N–H and O–H groups in total. The first-order valence-corrected chi connectivity index (χ1v) is 12.1. The molecule has 0 spiro atoms. The zero-order valence-electron chi connectivity index (χ0n) is 17.9. The quantitative estimate of drug-likeness (QED) is 0.232. The number of hydrogen-bond acceptors (Lipinski definition) is 7. The summed E-state index contributed by atoms with van der Waals surface area (Å²) in [6, 6.07) is 0.0352. The van der Waals surface area contributed by atoms with Crippen molar-refractivity contribution in [2.75, 3.05) is 25.0 Å². The van der Waals surface area contributed by atoms with Gasteiger partial charge in [-0.2, -0.15) is 0 Å². The van der Waals surface area contributed by atoms with Crippen LogP contribution in [0.15, 0.2) is 0 Å². The predicted octanol–water partition coefficient (Wildman–Crippen LogP) is 1.90. The number of amides is 2. The molecule has 2 fully saturated rings. The molecule has 1 aromatic heterocycles. The number of aryl methyl sites for hydroxylation is 1. The molecule has 10 heteroatoms. The standard InChI is InChI=1S/C21H31N5O4S/c1-2-22-17(11-26(29)30)24-14-7-8-16-15(9-14)18(20(28)23-10-12-3-4-12)21(31-16)25-19(27)13-5-6-13/h12-14,17,22,24H,2-11H2,1H3,(H,23,28)(H,25,27). The average Bonchev–Trinajstić information content (AvgIpc) is 3.62. The normalized spacial score (nSPS) is 21.3. The lowest BCUT2D eigenvalue weighted by Crippen LogP contribution is -2.52. The molecular formula is C21H31N5O4S. The van der Waals surface area contributed by atoms with Crippen LogP contribution in [0, 0.1) is 22.0 Å². The molecular weight excluding hydrogens is 418 g/mol. The van der Waals surface area contributed by atoms with Crippen molar-refractivity contribution in [3.8, 4) is 0 Å². The van der Waals surface area contributed by atoms with Gasteiger partial charge in [0.05, 0.1) is 5.56 Å². The van der Waals surface area contributed by atoms with E-state index in [1.165, 1.54) is 11.3 Å². The smallest absolute Gasteiger partial charge is 0.254 e. The number of nitrogens with zero attached hydrogens (tertiary/aromatic N) is 1. The van der Waals surface area contributed by atoms with Crippen LogP contribution in [-0.4, -0.2) is 48.6 Å². The molecule has 4 rings (SSSR count). The van der Waals surface area contributed by atoms with Crippen molar-refractivity contribution in [3.05, 3.63) is 26.1 Å². The lowest BCUT2D eigenvalue weighted by Gasteiger charge is -2.27. The molecule has 31 heavy (non-hydrogen) atoms. The number of likely N-dealkylation sites (N-methyl/N-ethyl adjacent to an activating group) is 1. The molecule has 0 saturated heterocycles. The highest BCUT2D eigenvalue weighted by atomic mass is 32.1. The molecule has 2 saturated carbocycles. The van der Waals surface area contributed by atoms with Gasteiger partial charge in [-0.05, 0) is 63.0 Å². The highest BCUT2D eigenvalue weighted by Crippen LogP contribution is 2.40. The van der Waals surface area contributed by atoms with Crippen molar-refractivity contribution in [2.24, 2.45) is 11.8 Å². The summed E-state index contributed by atoms with van der Waals surface area (Å²) >= 11 is 1.51. The Balaban J connectivity index is 1.51. The monoisotopic (exact) mass is 449 g/mol. The van der Waals surface area contributed by atoms with E-state index in [0.717, 1.165) is 49.0 Å². The molecule has 0 aliphatic heterocycles. The summed E-state index contributed by atoms with van der Waals surface area (Å²) in [5, 5.41) is 24.2. The van der Waals surface area contributed by atoms with Crippen molar-refractivity contribution >= 4 is 28.2 Å². The molecule has 2 unspecified atom stereocenters. The van der Waals surface area contributed by atoms with E-state index in [9.17, 15) is 19.7 Å². The van der Waals surface area contributed by atoms with Crippen molar-refractivity contribution < 1.29 is 14.5 Å². The second-order valence-corrected chi connectivity index (χ2v) is 9.96. The Hall–Kier alpha value is -2.04. The fourth-order valence-electron chi connectivity index (χ4n) is 4.12. The third kappa shape index (κ3) is 5.81. The first kappa shape index (κ1) is 22.2. The molecule has 2 amide bonds. The SMILES string of the molecule is CCNC(C[N+](=O)[O-])NC1CCc2sc(NC(=O)C3CC3)c(C(=O)NCC3CC3)c2C1. The Morgan fingerprint density at radius 3 is 2.65 bits per heavy atom. The summed E-state index contributed by atoms with van der Waals surface area (Å²) in [7, 11) is 0. The van der Waals surface area contributed by atoms with Gasteiger partial charge in [-0.15, -0.1) is 11.3 Å². The molecule has 0 radical (unpaired) electrons. The number of anilines is 1. The molecule has 0 bridgehead atoms. The minimum Gasteiger partial charge on any atom is -0.352 e. The van der Waals surface area contributed by atoms with Gasteiger partial charge in [-0.1, -0.05) is 6.92 Å². The molecule has 0 aromatic carbocycles. The fourth-order valence-corrected chi connectivity index (χ4v) is 5.36. The van der Waals surface area contributed by atoms with Crippen LogP contribution in [0.4, 0.5) is 5.00 Å². The zero-order valence-corrected chi connectivity index (χ0v) is 18.7. The average molecular weight is 450 g/mol. The summed E-state index contributed by atoms with van der Waals surface area (Å²) in [6.45, 7) is 3.03. The summed E-state index contributed by atoms with van der Waals surface area (Å²) in [5.74, 6) is 0.520. The Kier molecular flexibility index (Phi) is 6.88. The first-order valence-electron chi connectivity index (χ1n) is 11.3. The van der Waals surface area contributed by atoms with Gasteiger partial charge in [0.15, 0.2) is 0 Å². The summed E-state index contributed by atoms with van der Waals surface area (Å²) in [6.07, 6.45) is 5.97. The van der Waals surface area contributed by atoms with Gasteiger partial charge in [-0.25, -0.2) is 0 Å². The van der Waals surface area contributed by atoms with E-state index in [-0.39, 0.29) is 35.2 Å². The highest BCUT2D eigenvalue weighted by molar-refractivity contribution is 7.17. The van der Waals surface area contributed by atoms with Crippen molar-refractivity contribution in [1.29, 1.82) is 0 Å². The number of hydrogen-bond donors (Lipinski definition) is 4. The van der Waals surface area contributed by atoms with Gasteiger partial charge in [0.25, 0.3) is 5.91 Å². The summed E-state index contributed by atoms with van der Waals surface area (Å²) in [4.78, 5) is 37.3. The van der Waals surface area contributed by atoms with Crippen LogP contribution in [0.3, 0.4) is 0 Å². The maximum atomic E-state index is 13.1. The Morgan fingerprint density at radius 1 is 1.23 bits per heavy atom. The predicted molar refractivity (Wildman–Crippen MR) is 119 cm³/mol. The van der Waals surface area contributed by atoms with E-state index in [1.807, 2.05) is 6.92 Å². The molecule has 2 atom stereocenters. The number of fused-ring (bicyclic) bond motifs is 1. The van der Waals surface area contributed by atoms with Gasteiger partial charge in [0.2, 0.25) is 12.5 Å². The van der Waals surface area contributed by atoms with Gasteiger partial charge in [0.1, 0.15) is 11.2 Å². The fraction of sp³-hybridized carbons (Fsp3) is 0.714. The molecule has 9 nitrogen and oxygen atoms in total. The highest BCUT2D eigenvalue weighted by Gasteiger charge is 2.34. The van der Waals surface area contributed by atoms with Crippen molar-refractivity contribution in [3.63, 3.8) is 0 Å². The number of nitro groups is 1.